The van der Waals surface area contributed by atoms with Gasteiger partial charge in [0, 0.05) is 19.7 Å². The van der Waals surface area contributed by atoms with Crippen molar-refractivity contribution in [1.29, 1.82) is 0 Å². The van der Waals surface area contributed by atoms with Crippen molar-refractivity contribution in [1.82, 2.24) is 9.97 Å². The van der Waals surface area contributed by atoms with Crippen LogP contribution in [0.2, 0.25) is 0 Å². The van der Waals surface area contributed by atoms with Crippen LogP contribution in [-0.4, -0.2) is 40.8 Å². The quantitative estimate of drug-likeness (QED) is 0.845. The smallest absolute Gasteiger partial charge is 0.394 e. The lowest BCUT2D eigenvalue weighted by Crippen LogP contribution is -2.45. The zero-order chi connectivity index (χ0) is 16.3. The Hall–Kier alpha value is -1.57. The lowest BCUT2D eigenvalue weighted by Gasteiger charge is -2.35. The molecule has 0 spiro atoms. The van der Waals surface area contributed by atoms with Crippen LogP contribution >= 0.6 is 0 Å². The van der Waals surface area contributed by atoms with E-state index in [4.69, 9.17) is 0 Å². The van der Waals surface area contributed by atoms with Crippen LogP contribution in [0.15, 0.2) is 6.07 Å². The van der Waals surface area contributed by atoms with Crippen LogP contribution in [0.1, 0.15) is 32.9 Å². The first kappa shape index (κ1) is 17.5. The molecular formula is C13H21F3N4O. The lowest BCUT2D eigenvalue weighted by atomic mass is 10.1. The van der Waals surface area contributed by atoms with Gasteiger partial charge in [0.05, 0.1) is 12.1 Å². The molecule has 0 atom stereocenters. The van der Waals surface area contributed by atoms with E-state index in [1.165, 1.54) is 4.90 Å². The number of nitrogens with one attached hydrogen (secondary N) is 1. The molecule has 8 heteroatoms. The standard InChI is InChI=1S/C13H21F3N4O/c1-5-6-17-11-18-9(13(14,15)16)7-10(19-11)20(4)12(2,3)8-21/h7,21H,5-6,8H2,1-4H3,(H,17,18,19). The van der Waals surface area contributed by atoms with Crippen molar-refractivity contribution in [3.63, 3.8) is 0 Å². The minimum Gasteiger partial charge on any atom is -0.394 e. The van der Waals surface area contributed by atoms with Gasteiger partial charge in [0.25, 0.3) is 0 Å². The van der Waals surface area contributed by atoms with Crippen molar-refractivity contribution in [2.75, 3.05) is 30.4 Å². The normalized spacial score (nSPS) is 12.4. The summed E-state index contributed by atoms with van der Waals surface area (Å²) < 4.78 is 38.8. The van der Waals surface area contributed by atoms with E-state index in [1.807, 2.05) is 6.92 Å². The maximum Gasteiger partial charge on any atom is 0.433 e. The zero-order valence-corrected chi connectivity index (χ0v) is 12.6. The molecule has 2 N–H and O–H groups in total. The highest BCUT2D eigenvalue weighted by Crippen LogP contribution is 2.31. The average molecular weight is 306 g/mol. The van der Waals surface area contributed by atoms with E-state index >= 15 is 0 Å². The fraction of sp³-hybridized carbons (Fsp3) is 0.692. The Morgan fingerprint density at radius 2 is 1.90 bits per heavy atom. The van der Waals surface area contributed by atoms with E-state index in [0.717, 1.165) is 12.5 Å². The predicted molar refractivity (Wildman–Crippen MR) is 75.4 cm³/mol. The predicted octanol–water partition coefficient (Wildman–Crippen LogP) is 2.52. The van der Waals surface area contributed by atoms with Gasteiger partial charge < -0.3 is 15.3 Å². The third kappa shape index (κ3) is 4.45. The van der Waals surface area contributed by atoms with Gasteiger partial charge in [-0.15, -0.1) is 0 Å². The highest BCUT2D eigenvalue weighted by molar-refractivity contribution is 5.47. The molecule has 0 aliphatic heterocycles. The van der Waals surface area contributed by atoms with Gasteiger partial charge in [-0.05, 0) is 20.3 Å². The zero-order valence-electron chi connectivity index (χ0n) is 12.6. The topological polar surface area (TPSA) is 61.3 Å². The van der Waals surface area contributed by atoms with Crippen LogP contribution < -0.4 is 10.2 Å². The number of hydrogen-bond donors (Lipinski definition) is 2. The summed E-state index contributed by atoms with van der Waals surface area (Å²) >= 11 is 0. The van der Waals surface area contributed by atoms with Crippen LogP contribution in [0.25, 0.3) is 0 Å². The molecule has 0 amide bonds. The highest BCUT2D eigenvalue weighted by Gasteiger charge is 2.35. The van der Waals surface area contributed by atoms with E-state index in [9.17, 15) is 18.3 Å². The third-order valence-electron chi connectivity index (χ3n) is 3.17. The summed E-state index contributed by atoms with van der Waals surface area (Å²) in [5.74, 6) is 0.0391. The van der Waals surface area contributed by atoms with Crippen molar-refractivity contribution in [2.45, 2.75) is 38.9 Å². The SMILES string of the molecule is CCCNc1nc(N(C)C(C)(C)CO)cc(C(F)(F)F)n1. The molecule has 21 heavy (non-hydrogen) atoms. The molecule has 5 nitrogen and oxygen atoms in total. The van der Waals surface area contributed by atoms with Crippen LogP contribution in [0.5, 0.6) is 0 Å². The summed E-state index contributed by atoms with van der Waals surface area (Å²) in [7, 11) is 1.59. The molecule has 1 heterocycles. The molecule has 0 saturated carbocycles. The first-order valence-corrected chi connectivity index (χ1v) is 6.66. The molecule has 0 aliphatic rings. The Bertz CT molecular complexity index is 477. The van der Waals surface area contributed by atoms with Gasteiger partial charge in [-0.3, -0.25) is 0 Å². The average Bonchev–Trinajstić information content (AvgIpc) is 2.42. The van der Waals surface area contributed by atoms with Crippen molar-refractivity contribution in [2.24, 2.45) is 0 Å². The number of halogens is 3. The summed E-state index contributed by atoms with van der Waals surface area (Å²) in [5, 5.41) is 12.1. The Morgan fingerprint density at radius 1 is 1.29 bits per heavy atom. The minimum atomic E-state index is -4.55. The number of alkyl halides is 3. The summed E-state index contributed by atoms with van der Waals surface area (Å²) in [4.78, 5) is 9.09. The van der Waals surface area contributed by atoms with E-state index < -0.39 is 17.4 Å². The molecule has 0 unspecified atom stereocenters. The number of aliphatic hydroxyl groups is 1. The summed E-state index contributed by atoms with van der Waals surface area (Å²) in [5.41, 5.74) is -1.74. The van der Waals surface area contributed by atoms with Crippen molar-refractivity contribution < 1.29 is 18.3 Å². The molecule has 120 valence electrons. The van der Waals surface area contributed by atoms with E-state index in [1.54, 1.807) is 20.9 Å². The van der Waals surface area contributed by atoms with Crippen LogP contribution in [0.3, 0.4) is 0 Å². The molecule has 0 radical (unpaired) electrons. The molecule has 1 aromatic rings. The number of anilines is 2. The fourth-order valence-corrected chi connectivity index (χ4v) is 1.48. The van der Waals surface area contributed by atoms with Crippen molar-refractivity contribution in [3.8, 4) is 0 Å². The summed E-state index contributed by atoms with van der Waals surface area (Å²) in [6.45, 7) is 5.58. The van der Waals surface area contributed by atoms with Crippen LogP contribution in [0.4, 0.5) is 24.9 Å². The van der Waals surface area contributed by atoms with Gasteiger partial charge in [0.2, 0.25) is 5.95 Å². The van der Waals surface area contributed by atoms with E-state index in [0.29, 0.717) is 6.54 Å². The van der Waals surface area contributed by atoms with Gasteiger partial charge >= 0.3 is 6.18 Å². The molecule has 0 fully saturated rings. The number of aliphatic hydroxyl groups excluding tert-OH is 1. The second-order valence-electron chi connectivity index (χ2n) is 5.39. The Kier molecular flexibility index (Phi) is 5.38. The van der Waals surface area contributed by atoms with Gasteiger partial charge in [0.1, 0.15) is 5.82 Å². The van der Waals surface area contributed by atoms with Gasteiger partial charge in [-0.25, -0.2) is 4.98 Å². The summed E-state index contributed by atoms with van der Waals surface area (Å²) in [6.07, 6.45) is -3.81. The molecular weight excluding hydrogens is 285 g/mol. The van der Waals surface area contributed by atoms with Crippen molar-refractivity contribution in [3.05, 3.63) is 11.8 Å². The molecule has 0 bridgehead atoms. The number of aromatic nitrogens is 2. The third-order valence-corrected chi connectivity index (χ3v) is 3.17. The second kappa shape index (κ2) is 6.46. The molecule has 0 aliphatic carbocycles. The largest absolute Gasteiger partial charge is 0.433 e. The molecule has 1 rings (SSSR count). The minimum absolute atomic E-state index is 0.0673. The number of likely N-dealkylation sites (N-methyl/N-ethyl adjacent to an activating group) is 1. The maximum absolute atomic E-state index is 12.9. The molecule has 1 aromatic heterocycles. The Labute approximate surface area is 122 Å². The van der Waals surface area contributed by atoms with Gasteiger partial charge in [-0.2, -0.15) is 18.2 Å². The number of nitrogens with zero attached hydrogens (tertiary/aromatic N) is 3. The van der Waals surface area contributed by atoms with Gasteiger partial charge in [-0.1, -0.05) is 6.92 Å². The maximum atomic E-state index is 12.9. The number of hydrogen-bond acceptors (Lipinski definition) is 5. The first-order valence-electron chi connectivity index (χ1n) is 6.66. The Morgan fingerprint density at radius 3 is 2.38 bits per heavy atom. The van der Waals surface area contributed by atoms with Gasteiger partial charge in [0.15, 0.2) is 5.69 Å². The lowest BCUT2D eigenvalue weighted by molar-refractivity contribution is -0.141. The van der Waals surface area contributed by atoms with E-state index in [2.05, 4.69) is 15.3 Å². The second-order valence-corrected chi connectivity index (χ2v) is 5.39. The first-order chi connectivity index (χ1) is 9.61. The molecule has 0 saturated heterocycles. The van der Waals surface area contributed by atoms with Crippen LogP contribution in [0, 0.1) is 0 Å². The highest BCUT2D eigenvalue weighted by atomic mass is 19.4. The fourth-order valence-electron chi connectivity index (χ4n) is 1.48. The molecule has 0 aromatic carbocycles. The van der Waals surface area contributed by atoms with Crippen LogP contribution in [-0.2, 0) is 6.18 Å². The van der Waals surface area contributed by atoms with Crippen molar-refractivity contribution >= 4 is 11.8 Å². The number of rotatable bonds is 6. The summed E-state index contributed by atoms with van der Waals surface area (Å²) in [6, 6.07) is 0.883. The van der Waals surface area contributed by atoms with E-state index in [-0.39, 0.29) is 18.4 Å². The monoisotopic (exact) mass is 306 g/mol. The Balaban J connectivity index is 3.24.